The number of esters is 1. The Bertz CT molecular complexity index is 459. The van der Waals surface area contributed by atoms with Gasteiger partial charge in [0, 0.05) is 32.6 Å². The van der Waals surface area contributed by atoms with Crippen LogP contribution in [0, 0.1) is 5.82 Å². The van der Waals surface area contributed by atoms with E-state index in [1.807, 2.05) is 11.0 Å². The number of halogens is 1. The number of carbonyl (C=O) groups excluding carboxylic acids is 1. The standard InChI is InChI=1S/C15H21FN2O2/c1-2-20-15(19)6-4-12-3-5-14(13(16)11-12)18-9-7-17-8-10-18/h3,5,11,17H,2,4,6-10H2,1H3. The van der Waals surface area contributed by atoms with Crippen molar-refractivity contribution >= 4 is 11.7 Å². The normalized spacial score (nSPS) is 15.2. The summed E-state index contributed by atoms with van der Waals surface area (Å²) in [4.78, 5) is 13.3. The Kier molecular flexibility index (Phi) is 5.35. The highest BCUT2D eigenvalue weighted by Crippen LogP contribution is 2.21. The molecule has 0 radical (unpaired) electrons. The Morgan fingerprint density at radius 3 is 2.80 bits per heavy atom. The van der Waals surface area contributed by atoms with Crippen LogP contribution < -0.4 is 10.2 Å². The number of anilines is 1. The van der Waals surface area contributed by atoms with Crippen LogP contribution in [-0.2, 0) is 16.0 Å². The van der Waals surface area contributed by atoms with E-state index >= 15 is 0 Å². The number of rotatable bonds is 5. The smallest absolute Gasteiger partial charge is 0.306 e. The third-order valence-corrected chi connectivity index (χ3v) is 3.39. The lowest BCUT2D eigenvalue weighted by Gasteiger charge is -2.29. The van der Waals surface area contributed by atoms with Crippen LogP contribution in [0.3, 0.4) is 0 Å². The fraction of sp³-hybridized carbons (Fsp3) is 0.533. The first-order valence-corrected chi connectivity index (χ1v) is 7.10. The van der Waals surface area contributed by atoms with Crippen LogP contribution in [0.25, 0.3) is 0 Å². The van der Waals surface area contributed by atoms with Crippen molar-refractivity contribution in [3.63, 3.8) is 0 Å². The third-order valence-electron chi connectivity index (χ3n) is 3.39. The average Bonchev–Trinajstić information content (AvgIpc) is 2.46. The van der Waals surface area contributed by atoms with Crippen LogP contribution in [-0.4, -0.2) is 38.8 Å². The lowest BCUT2D eigenvalue weighted by molar-refractivity contribution is -0.143. The summed E-state index contributed by atoms with van der Waals surface area (Å²) >= 11 is 0. The number of hydrogen-bond acceptors (Lipinski definition) is 4. The van der Waals surface area contributed by atoms with Crippen molar-refractivity contribution in [2.24, 2.45) is 0 Å². The molecule has 1 N–H and O–H groups in total. The summed E-state index contributed by atoms with van der Waals surface area (Å²) in [6.07, 6.45) is 0.803. The Labute approximate surface area is 118 Å². The van der Waals surface area contributed by atoms with Gasteiger partial charge >= 0.3 is 5.97 Å². The highest BCUT2D eigenvalue weighted by atomic mass is 19.1. The summed E-state index contributed by atoms with van der Waals surface area (Å²) in [5, 5.41) is 3.24. The Hall–Kier alpha value is -1.62. The molecule has 110 valence electrons. The highest BCUT2D eigenvalue weighted by Gasteiger charge is 2.14. The van der Waals surface area contributed by atoms with Gasteiger partial charge in [-0.25, -0.2) is 4.39 Å². The molecule has 0 bridgehead atoms. The minimum Gasteiger partial charge on any atom is -0.466 e. The summed E-state index contributed by atoms with van der Waals surface area (Å²) < 4.78 is 19.0. The number of aryl methyl sites for hydroxylation is 1. The first-order chi connectivity index (χ1) is 9.70. The largest absolute Gasteiger partial charge is 0.466 e. The van der Waals surface area contributed by atoms with E-state index in [2.05, 4.69) is 5.32 Å². The molecule has 1 aromatic carbocycles. The minimum atomic E-state index is -0.237. The summed E-state index contributed by atoms with van der Waals surface area (Å²) in [6, 6.07) is 5.22. The zero-order chi connectivity index (χ0) is 14.4. The molecule has 1 aliphatic rings. The minimum absolute atomic E-state index is 0.215. The van der Waals surface area contributed by atoms with Crippen molar-refractivity contribution in [3.05, 3.63) is 29.6 Å². The molecule has 2 rings (SSSR count). The fourth-order valence-corrected chi connectivity index (χ4v) is 2.35. The molecule has 5 heteroatoms. The average molecular weight is 280 g/mol. The van der Waals surface area contributed by atoms with Crippen molar-refractivity contribution in [1.29, 1.82) is 0 Å². The third kappa shape index (κ3) is 3.93. The number of benzene rings is 1. The predicted molar refractivity (Wildman–Crippen MR) is 76.4 cm³/mol. The van der Waals surface area contributed by atoms with Gasteiger partial charge in [-0.05, 0) is 31.0 Å². The van der Waals surface area contributed by atoms with Gasteiger partial charge in [0.05, 0.1) is 12.3 Å². The van der Waals surface area contributed by atoms with E-state index in [4.69, 9.17) is 4.74 Å². The lowest BCUT2D eigenvalue weighted by Crippen LogP contribution is -2.43. The maximum absolute atomic E-state index is 14.1. The second-order valence-corrected chi connectivity index (χ2v) is 4.83. The topological polar surface area (TPSA) is 41.6 Å². The second kappa shape index (κ2) is 7.24. The van der Waals surface area contributed by atoms with E-state index in [0.29, 0.717) is 25.1 Å². The zero-order valence-electron chi connectivity index (χ0n) is 11.8. The van der Waals surface area contributed by atoms with Gasteiger partial charge < -0.3 is 15.0 Å². The molecule has 0 unspecified atom stereocenters. The Morgan fingerprint density at radius 2 is 2.15 bits per heavy atom. The fourth-order valence-electron chi connectivity index (χ4n) is 2.35. The molecule has 0 aromatic heterocycles. The molecule has 4 nitrogen and oxygen atoms in total. The van der Waals surface area contributed by atoms with E-state index in [9.17, 15) is 9.18 Å². The first kappa shape index (κ1) is 14.8. The number of nitrogens with one attached hydrogen (secondary N) is 1. The SMILES string of the molecule is CCOC(=O)CCc1ccc(N2CCNCC2)c(F)c1. The molecule has 0 spiro atoms. The van der Waals surface area contributed by atoms with Gasteiger partial charge in [0.2, 0.25) is 0 Å². The molecule has 1 aromatic rings. The molecule has 1 saturated heterocycles. The van der Waals surface area contributed by atoms with Crippen molar-refractivity contribution in [3.8, 4) is 0 Å². The van der Waals surface area contributed by atoms with Crippen LogP contribution in [0.4, 0.5) is 10.1 Å². The molecule has 20 heavy (non-hydrogen) atoms. The molecule has 1 fully saturated rings. The van der Waals surface area contributed by atoms with E-state index in [0.717, 1.165) is 31.7 Å². The highest BCUT2D eigenvalue weighted by molar-refractivity contribution is 5.69. The van der Waals surface area contributed by atoms with Gasteiger partial charge in [-0.1, -0.05) is 6.07 Å². The van der Waals surface area contributed by atoms with Crippen LogP contribution in [0.5, 0.6) is 0 Å². The first-order valence-electron chi connectivity index (χ1n) is 7.10. The molecule has 0 aliphatic carbocycles. The number of nitrogens with zero attached hydrogens (tertiary/aromatic N) is 1. The summed E-state index contributed by atoms with van der Waals surface area (Å²) in [7, 11) is 0. The van der Waals surface area contributed by atoms with Gasteiger partial charge in [0.1, 0.15) is 5.82 Å². The van der Waals surface area contributed by atoms with E-state index < -0.39 is 0 Å². The van der Waals surface area contributed by atoms with Gasteiger partial charge in [-0.2, -0.15) is 0 Å². The maximum Gasteiger partial charge on any atom is 0.306 e. The van der Waals surface area contributed by atoms with Crippen LogP contribution >= 0.6 is 0 Å². The van der Waals surface area contributed by atoms with E-state index in [-0.39, 0.29) is 11.8 Å². The van der Waals surface area contributed by atoms with Gasteiger partial charge in [0.25, 0.3) is 0 Å². The van der Waals surface area contributed by atoms with Crippen molar-refractivity contribution in [2.75, 3.05) is 37.7 Å². The van der Waals surface area contributed by atoms with Crippen LogP contribution in [0.15, 0.2) is 18.2 Å². The van der Waals surface area contributed by atoms with Crippen LogP contribution in [0.1, 0.15) is 18.9 Å². The van der Waals surface area contributed by atoms with E-state index in [1.54, 1.807) is 13.0 Å². The summed E-state index contributed by atoms with van der Waals surface area (Å²) in [5.41, 5.74) is 1.47. The Balaban J connectivity index is 1.96. The predicted octanol–water partition coefficient (Wildman–Crippen LogP) is 1.73. The molecular weight excluding hydrogens is 259 g/mol. The van der Waals surface area contributed by atoms with E-state index in [1.165, 1.54) is 6.07 Å². The van der Waals surface area contributed by atoms with Gasteiger partial charge in [-0.3, -0.25) is 4.79 Å². The number of piperazine rings is 1. The number of hydrogen-bond donors (Lipinski definition) is 1. The van der Waals surface area contributed by atoms with Crippen molar-refractivity contribution in [1.82, 2.24) is 5.32 Å². The number of ether oxygens (including phenoxy) is 1. The van der Waals surface area contributed by atoms with Gasteiger partial charge in [-0.15, -0.1) is 0 Å². The van der Waals surface area contributed by atoms with Crippen molar-refractivity contribution in [2.45, 2.75) is 19.8 Å². The quantitative estimate of drug-likeness (QED) is 0.834. The lowest BCUT2D eigenvalue weighted by atomic mass is 10.1. The maximum atomic E-state index is 14.1. The second-order valence-electron chi connectivity index (χ2n) is 4.83. The zero-order valence-corrected chi connectivity index (χ0v) is 11.8. The molecule has 0 amide bonds. The van der Waals surface area contributed by atoms with Crippen molar-refractivity contribution < 1.29 is 13.9 Å². The Morgan fingerprint density at radius 1 is 1.40 bits per heavy atom. The monoisotopic (exact) mass is 280 g/mol. The molecular formula is C15H21FN2O2. The molecule has 0 atom stereocenters. The van der Waals surface area contributed by atoms with Gasteiger partial charge in [0.15, 0.2) is 0 Å². The summed E-state index contributed by atoms with van der Waals surface area (Å²) in [5.74, 6) is -0.452. The molecule has 1 heterocycles. The molecule has 1 aliphatic heterocycles. The molecule has 0 saturated carbocycles. The number of carbonyl (C=O) groups is 1. The van der Waals surface area contributed by atoms with Crippen LogP contribution in [0.2, 0.25) is 0 Å². The summed E-state index contributed by atoms with van der Waals surface area (Å²) in [6.45, 7) is 5.56.